The minimum atomic E-state index is -0.721. The lowest BCUT2D eigenvalue weighted by molar-refractivity contribution is 0.413. The SMILES string of the molecule is CCNC(=NCc1csc(-c2ccc(OC)cc2)n1)NC1CCCC(S(=O)CC)C1. The molecule has 1 aromatic heterocycles. The van der Waals surface area contributed by atoms with Crippen LogP contribution in [0.15, 0.2) is 34.6 Å². The number of methoxy groups -OCH3 is 1. The Morgan fingerprint density at radius 2 is 2.10 bits per heavy atom. The number of nitrogens with one attached hydrogen (secondary N) is 2. The lowest BCUT2D eigenvalue weighted by Gasteiger charge is -2.30. The third kappa shape index (κ3) is 6.28. The Balaban J connectivity index is 1.62. The van der Waals surface area contributed by atoms with Crippen molar-refractivity contribution in [3.63, 3.8) is 0 Å². The van der Waals surface area contributed by atoms with E-state index in [4.69, 9.17) is 14.7 Å². The van der Waals surface area contributed by atoms with E-state index in [2.05, 4.69) is 22.9 Å². The van der Waals surface area contributed by atoms with Gasteiger partial charge < -0.3 is 15.4 Å². The molecule has 0 radical (unpaired) electrons. The zero-order valence-corrected chi connectivity index (χ0v) is 19.7. The van der Waals surface area contributed by atoms with Gasteiger partial charge in [-0.25, -0.2) is 9.98 Å². The number of benzene rings is 1. The second-order valence-corrected chi connectivity index (χ2v) is 10.2. The molecule has 2 aromatic rings. The maximum absolute atomic E-state index is 12.2. The highest BCUT2D eigenvalue weighted by Gasteiger charge is 2.26. The molecule has 1 fully saturated rings. The number of guanidine groups is 1. The van der Waals surface area contributed by atoms with Crippen LogP contribution >= 0.6 is 11.3 Å². The third-order valence-electron chi connectivity index (χ3n) is 5.26. The molecule has 1 aliphatic carbocycles. The van der Waals surface area contributed by atoms with Crippen molar-refractivity contribution in [1.29, 1.82) is 0 Å². The van der Waals surface area contributed by atoms with Crippen LogP contribution in [0.4, 0.5) is 0 Å². The molecule has 30 heavy (non-hydrogen) atoms. The van der Waals surface area contributed by atoms with Gasteiger partial charge in [0, 0.05) is 45.3 Å². The fraction of sp³-hybridized carbons (Fsp3) is 0.545. The number of rotatable bonds is 8. The first-order valence-electron chi connectivity index (χ1n) is 10.6. The van der Waals surface area contributed by atoms with Crippen molar-refractivity contribution in [3.05, 3.63) is 35.3 Å². The van der Waals surface area contributed by atoms with Gasteiger partial charge in [-0.15, -0.1) is 11.3 Å². The Labute approximate surface area is 186 Å². The molecule has 3 unspecified atom stereocenters. The molecule has 0 spiro atoms. The Hall–Kier alpha value is -1.93. The summed E-state index contributed by atoms with van der Waals surface area (Å²) in [5, 5.41) is 10.2. The highest BCUT2D eigenvalue weighted by molar-refractivity contribution is 7.85. The molecule has 164 valence electrons. The van der Waals surface area contributed by atoms with Crippen molar-refractivity contribution in [3.8, 4) is 16.3 Å². The molecule has 0 bridgehead atoms. The van der Waals surface area contributed by atoms with Gasteiger partial charge in [-0.3, -0.25) is 4.21 Å². The summed E-state index contributed by atoms with van der Waals surface area (Å²) in [5.41, 5.74) is 2.04. The summed E-state index contributed by atoms with van der Waals surface area (Å²) in [6.45, 7) is 5.40. The third-order valence-corrected chi connectivity index (χ3v) is 7.94. The zero-order valence-electron chi connectivity index (χ0n) is 18.0. The summed E-state index contributed by atoms with van der Waals surface area (Å²) in [6, 6.07) is 8.27. The molecule has 1 aromatic carbocycles. The predicted molar refractivity (Wildman–Crippen MR) is 127 cm³/mol. The fourth-order valence-corrected chi connectivity index (χ4v) is 5.83. The molecule has 3 rings (SSSR count). The maximum atomic E-state index is 12.2. The number of thiazole rings is 1. The number of ether oxygens (including phenoxy) is 1. The van der Waals surface area contributed by atoms with Crippen molar-refractivity contribution in [1.82, 2.24) is 15.6 Å². The Morgan fingerprint density at radius 3 is 2.80 bits per heavy atom. The molecule has 1 saturated carbocycles. The van der Waals surface area contributed by atoms with Crippen LogP contribution in [-0.4, -0.2) is 45.9 Å². The standard InChI is InChI=1S/C22H32N4O2S2/c1-4-23-22(26-17-7-6-8-20(13-17)30(27)5-2)24-14-18-15-29-21(25-18)16-9-11-19(28-3)12-10-16/h9-12,15,17,20H,4-8,13-14H2,1-3H3,(H2,23,24,26). The van der Waals surface area contributed by atoms with E-state index >= 15 is 0 Å². The highest BCUT2D eigenvalue weighted by Crippen LogP contribution is 2.26. The number of aliphatic imine (C=N–C) groups is 1. The second-order valence-electron chi connectivity index (χ2n) is 7.37. The van der Waals surface area contributed by atoms with Crippen LogP contribution in [0, 0.1) is 0 Å². The number of hydrogen-bond donors (Lipinski definition) is 2. The molecule has 6 nitrogen and oxygen atoms in total. The first-order chi connectivity index (χ1) is 14.6. The van der Waals surface area contributed by atoms with Gasteiger partial charge in [0.1, 0.15) is 10.8 Å². The minimum absolute atomic E-state index is 0.301. The maximum Gasteiger partial charge on any atom is 0.191 e. The molecular formula is C22H32N4O2S2. The quantitative estimate of drug-likeness (QED) is 0.472. The number of hydrogen-bond acceptors (Lipinski definition) is 5. The largest absolute Gasteiger partial charge is 0.497 e. The van der Waals surface area contributed by atoms with Crippen LogP contribution in [-0.2, 0) is 17.3 Å². The van der Waals surface area contributed by atoms with E-state index in [1.165, 1.54) is 0 Å². The van der Waals surface area contributed by atoms with Crippen LogP contribution in [0.25, 0.3) is 10.6 Å². The molecule has 0 amide bonds. The van der Waals surface area contributed by atoms with Crippen LogP contribution < -0.4 is 15.4 Å². The van der Waals surface area contributed by atoms with Gasteiger partial charge in [0.15, 0.2) is 5.96 Å². The van der Waals surface area contributed by atoms with Crippen LogP contribution in [0.1, 0.15) is 45.2 Å². The summed E-state index contributed by atoms with van der Waals surface area (Å²) in [6.07, 6.45) is 4.23. The van der Waals surface area contributed by atoms with Gasteiger partial charge >= 0.3 is 0 Å². The lowest BCUT2D eigenvalue weighted by atomic mass is 9.95. The number of aromatic nitrogens is 1. The Morgan fingerprint density at radius 1 is 1.30 bits per heavy atom. The average molecular weight is 449 g/mol. The number of nitrogens with zero attached hydrogens (tertiary/aromatic N) is 2. The first kappa shape index (κ1) is 22.7. The molecular weight excluding hydrogens is 416 g/mol. The van der Waals surface area contributed by atoms with E-state index in [0.717, 1.165) is 66.0 Å². The van der Waals surface area contributed by atoms with E-state index in [0.29, 0.717) is 17.8 Å². The van der Waals surface area contributed by atoms with Crippen molar-refractivity contribution in [2.24, 2.45) is 4.99 Å². The van der Waals surface area contributed by atoms with Crippen molar-refractivity contribution < 1.29 is 8.95 Å². The van der Waals surface area contributed by atoms with Gasteiger partial charge in [-0.1, -0.05) is 13.3 Å². The van der Waals surface area contributed by atoms with E-state index in [1.54, 1.807) is 18.4 Å². The van der Waals surface area contributed by atoms with Gasteiger partial charge in [0.05, 0.1) is 19.3 Å². The monoisotopic (exact) mass is 448 g/mol. The summed E-state index contributed by atoms with van der Waals surface area (Å²) in [5.74, 6) is 2.39. The fourth-order valence-electron chi connectivity index (χ4n) is 3.67. The average Bonchev–Trinajstić information content (AvgIpc) is 3.26. The van der Waals surface area contributed by atoms with E-state index < -0.39 is 10.8 Å². The zero-order chi connectivity index (χ0) is 21.3. The summed E-state index contributed by atoms with van der Waals surface area (Å²) in [7, 11) is 0.947. The van der Waals surface area contributed by atoms with E-state index in [1.807, 2.05) is 31.2 Å². The Bertz CT molecular complexity index is 851. The molecule has 0 saturated heterocycles. The van der Waals surface area contributed by atoms with Gasteiger partial charge in [-0.2, -0.15) is 0 Å². The molecule has 2 N–H and O–H groups in total. The van der Waals surface area contributed by atoms with E-state index in [9.17, 15) is 4.21 Å². The molecule has 1 aliphatic rings. The molecule has 3 atom stereocenters. The van der Waals surface area contributed by atoms with Gasteiger partial charge in [0.2, 0.25) is 0 Å². The highest BCUT2D eigenvalue weighted by atomic mass is 32.2. The van der Waals surface area contributed by atoms with Gasteiger partial charge in [-0.05, 0) is 50.5 Å². The molecule has 1 heterocycles. The Kier molecular flexibility index (Phi) is 8.69. The van der Waals surface area contributed by atoms with E-state index in [-0.39, 0.29) is 0 Å². The van der Waals surface area contributed by atoms with Crippen LogP contribution in [0.3, 0.4) is 0 Å². The molecule has 8 heteroatoms. The summed E-state index contributed by atoms with van der Waals surface area (Å²) < 4.78 is 17.4. The lowest BCUT2D eigenvalue weighted by Crippen LogP contribution is -2.46. The summed E-state index contributed by atoms with van der Waals surface area (Å²) in [4.78, 5) is 9.48. The predicted octanol–water partition coefficient (Wildman–Crippen LogP) is 3.95. The van der Waals surface area contributed by atoms with Crippen LogP contribution in [0.2, 0.25) is 0 Å². The first-order valence-corrected chi connectivity index (χ1v) is 12.9. The summed E-state index contributed by atoms with van der Waals surface area (Å²) >= 11 is 1.63. The van der Waals surface area contributed by atoms with Crippen molar-refractivity contribution in [2.45, 2.75) is 57.4 Å². The normalized spacial score (nSPS) is 20.6. The van der Waals surface area contributed by atoms with Crippen molar-refractivity contribution in [2.75, 3.05) is 19.4 Å². The molecule has 0 aliphatic heterocycles. The van der Waals surface area contributed by atoms with Crippen molar-refractivity contribution >= 4 is 28.1 Å². The smallest absolute Gasteiger partial charge is 0.191 e. The minimum Gasteiger partial charge on any atom is -0.497 e. The second kappa shape index (κ2) is 11.5. The van der Waals surface area contributed by atoms with Crippen LogP contribution in [0.5, 0.6) is 5.75 Å². The van der Waals surface area contributed by atoms with Gasteiger partial charge in [0.25, 0.3) is 0 Å². The topological polar surface area (TPSA) is 75.6 Å².